The van der Waals surface area contributed by atoms with Gasteiger partial charge in [0.1, 0.15) is 24.0 Å². The van der Waals surface area contributed by atoms with E-state index in [4.69, 9.17) is 21.7 Å². The first kappa shape index (κ1) is 25.7. The number of thiazole rings is 1. The van der Waals surface area contributed by atoms with E-state index in [1.54, 1.807) is 16.9 Å². The van der Waals surface area contributed by atoms with E-state index in [1.807, 2.05) is 0 Å². The summed E-state index contributed by atoms with van der Waals surface area (Å²) in [5.74, 6) is -0.260. The Labute approximate surface area is 212 Å². The van der Waals surface area contributed by atoms with Crippen molar-refractivity contribution in [2.24, 2.45) is 4.99 Å². The van der Waals surface area contributed by atoms with Gasteiger partial charge < -0.3 is 31.2 Å². The molecule has 1 fully saturated rings. The Bertz CT molecular complexity index is 1250. The highest BCUT2D eigenvalue weighted by Gasteiger charge is 2.42. The Hall–Kier alpha value is -3.42. The first-order valence-corrected chi connectivity index (χ1v) is 11.8. The van der Waals surface area contributed by atoms with Crippen LogP contribution in [0.2, 0.25) is 5.02 Å². The largest absolute Gasteiger partial charge is 0.447 e. The molecule has 5 N–H and O–H groups in total. The number of cyclic esters (lactones) is 1. The van der Waals surface area contributed by atoms with Gasteiger partial charge in [0, 0.05) is 46.1 Å². The van der Waals surface area contributed by atoms with Gasteiger partial charge in [-0.2, -0.15) is 8.78 Å². The Morgan fingerprint density at radius 2 is 2.28 bits per heavy atom. The van der Waals surface area contributed by atoms with Gasteiger partial charge in [0.25, 0.3) is 0 Å². The molecule has 4 rings (SSSR count). The molecule has 3 heterocycles. The smallest absolute Gasteiger partial charge is 0.407 e. The number of aliphatic hydroxyl groups excluding tert-OH is 1. The van der Waals surface area contributed by atoms with Crippen LogP contribution in [0.3, 0.4) is 0 Å². The number of nitrogens with one attached hydrogen (secondary N) is 4. The molecule has 2 aromatic rings. The number of benzene rings is 1. The van der Waals surface area contributed by atoms with E-state index in [1.165, 1.54) is 23.5 Å². The van der Waals surface area contributed by atoms with Crippen molar-refractivity contribution in [1.29, 1.82) is 5.41 Å². The number of amidine groups is 1. The highest BCUT2D eigenvalue weighted by Crippen LogP contribution is 2.38. The van der Waals surface area contributed by atoms with Gasteiger partial charge in [-0.15, -0.1) is 11.3 Å². The summed E-state index contributed by atoms with van der Waals surface area (Å²) in [5, 5.41) is 28.5. The van der Waals surface area contributed by atoms with Gasteiger partial charge in [-0.3, -0.25) is 4.99 Å². The molecule has 9 nitrogen and oxygen atoms in total. The maximum atomic E-state index is 13.8. The quantitative estimate of drug-likeness (QED) is 0.244. The SMILES string of the molecule is N=C(/C=C\NC(F)F)C1=C(C[C@@]2(CO)COC(=O)N2)NC(c2nccs2)=N[C@H]1c1ccc(F)cc1Cl. The van der Waals surface area contributed by atoms with E-state index in [0.29, 0.717) is 22.1 Å². The lowest BCUT2D eigenvalue weighted by atomic mass is 9.86. The maximum absolute atomic E-state index is 13.8. The van der Waals surface area contributed by atoms with Gasteiger partial charge in [-0.1, -0.05) is 17.7 Å². The molecule has 2 aliphatic rings. The van der Waals surface area contributed by atoms with Crippen molar-refractivity contribution in [2.75, 3.05) is 13.2 Å². The number of aliphatic hydroxyl groups is 1. The minimum absolute atomic E-state index is 0.0389. The molecule has 1 amide bonds. The van der Waals surface area contributed by atoms with Crippen LogP contribution in [0.5, 0.6) is 0 Å². The van der Waals surface area contributed by atoms with Gasteiger partial charge in [-0.05, 0) is 18.2 Å². The fourth-order valence-electron chi connectivity index (χ4n) is 3.81. The lowest BCUT2D eigenvalue weighted by Crippen LogP contribution is -2.49. The molecule has 1 aromatic carbocycles. The fraction of sp³-hybridized carbons (Fsp3) is 0.273. The zero-order valence-electron chi connectivity index (χ0n) is 18.4. The highest BCUT2D eigenvalue weighted by atomic mass is 35.5. The number of rotatable bonds is 9. The molecule has 2 aliphatic heterocycles. The van der Waals surface area contributed by atoms with Gasteiger partial charge in [0.2, 0.25) is 0 Å². The van der Waals surface area contributed by atoms with Crippen LogP contribution in [-0.4, -0.2) is 53.0 Å². The number of nitrogens with zero attached hydrogens (tertiary/aromatic N) is 2. The Kier molecular flexibility index (Phi) is 7.62. The number of allylic oxidation sites excluding steroid dienone is 1. The third kappa shape index (κ3) is 5.53. The van der Waals surface area contributed by atoms with Crippen LogP contribution in [0.25, 0.3) is 0 Å². The molecule has 190 valence electrons. The van der Waals surface area contributed by atoms with Crippen molar-refractivity contribution in [1.82, 2.24) is 20.9 Å². The number of hydrogen-bond donors (Lipinski definition) is 5. The number of alkyl carbamates (subject to hydrolysis) is 1. The predicted octanol–water partition coefficient (Wildman–Crippen LogP) is 3.49. The predicted molar refractivity (Wildman–Crippen MR) is 128 cm³/mol. The summed E-state index contributed by atoms with van der Waals surface area (Å²) in [6.07, 6.45) is 2.85. The number of amides is 1. The molecule has 2 atom stereocenters. The Morgan fingerprint density at radius 1 is 1.47 bits per heavy atom. The minimum atomic E-state index is -2.84. The van der Waals surface area contributed by atoms with Gasteiger partial charge in [0.05, 0.1) is 12.3 Å². The van der Waals surface area contributed by atoms with Crippen molar-refractivity contribution in [3.8, 4) is 0 Å². The number of alkyl halides is 2. The second-order valence-corrected chi connectivity index (χ2v) is 9.23. The molecule has 0 bridgehead atoms. The van der Waals surface area contributed by atoms with E-state index in [0.717, 1.165) is 18.3 Å². The summed E-state index contributed by atoms with van der Waals surface area (Å²) >= 11 is 7.65. The molecule has 0 aliphatic carbocycles. The zero-order valence-corrected chi connectivity index (χ0v) is 20.0. The average molecular weight is 541 g/mol. The van der Waals surface area contributed by atoms with Crippen LogP contribution in [0.1, 0.15) is 23.0 Å². The van der Waals surface area contributed by atoms with E-state index in [2.05, 4.69) is 20.6 Å². The highest BCUT2D eigenvalue weighted by molar-refractivity contribution is 7.11. The van der Waals surface area contributed by atoms with Crippen LogP contribution in [0.15, 0.2) is 58.3 Å². The molecule has 0 saturated carbocycles. The molecule has 1 aromatic heterocycles. The summed E-state index contributed by atoms with van der Waals surface area (Å²) in [6.45, 7) is -3.48. The Morgan fingerprint density at radius 3 is 2.89 bits per heavy atom. The second kappa shape index (κ2) is 10.7. The number of hydrogen-bond acceptors (Lipinski definition) is 9. The van der Waals surface area contributed by atoms with Crippen molar-refractivity contribution in [2.45, 2.75) is 24.6 Å². The number of ether oxygens (including phenoxy) is 1. The maximum Gasteiger partial charge on any atom is 0.407 e. The van der Waals surface area contributed by atoms with Gasteiger partial charge >= 0.3 is 12.6 Å². The van der Waals surface area contributed by atoms with Gasteiger partial charge in [-0.25, -0.2) is 14.2 Å². The number of aromatic nitrogens is 1. The normalized spacial score (nSPS) is 21.9. The summed E-state index contributed by atoms with van der Waals surface area (Å²) < 4.78 is 44.1. The van der Waals surface area contributed by atoms with E-state index in [-0.39, 0.29) is 29.3 Å². The molecule has 14 heteroatoms. The average Bonchev–Trinajstić information content (AvgIpc) is 3.49. The number of carbonyl (C=O) groups excluding carboxylic acids is 1. The minimum Gasteiger partial charge on any atom is -0.447 e. The van der Waals surface area contributed by atoms with E-state index < -0.39 is 36.6 Å². The lowest BCUT2D eigenvalue weighted by molar-refractivity contribution is 0.125. The van der Waals surface area contributed by atoms with Crippen molar-refractivity contribution in [3.63, 3.8) is 0 Å². The number of aliphatic imine (C=N–C) groups is 1. The molecule has 0 spiro atoms. The third-order valence-corrected chi connectivity index (χ3v) is 6.55. The first-order chi connectivity index (χ1) is 17.2. The van der Waals surface area contributed by atoms with Crippen LogP contribution in [0, 0.1) is 11.2 Å². The topological polar surface area (TPSA) is 132 Å². The second-order valence-electron chi connectivity index (χ2n) is 7.93. The fourth-order valence-corrected chi connectivity index (χ4v) is 4.67. The zero-order chi connectivity index (χ0) is 25.9. The van der Waals surface area contributed by atoms with E-state index >= 15 is 0 Å². The standard InChI is InChI=1S/C22H20ClF3N6O3S/c23-13-7-11(24)1-2-12(13)17-16(14(27)3-4-29-20(25)26)15(8-22(9-33)10-35-21(34)32-22)30-18(31-17)19-28-5-6-36-19/h1-7,17,20,27,29,33H,8-10H2,(H,30,31)(H,32,34)/b4-3-,27-14?/t17-,22+/m0/s1. The number of carbonyl (C=O) groups is 1. The molecule has 0 radical (unpaired) electrons. The van der Waals surface area contributed by atoms with Crippen molar-refractivity contribution < 1.29 is 27.8 Å². The molecular weight excluding hydrogens is 521 g/mol. The van der Waals surface area contributed by atoms with Crippen LogP contribution in [0.4, 0.5) is 18.0 Å². The molecule has 0 unspecified atom stereocenters. The van der Waals surface area contributed by atoms with Crippen molar-refractivity contribution >= 4 is 40.6 Å². The molecular formula is C22H20ClF3N6O3S. The summed E-state index contributed by atoms with van der Waals surface area (Å²) in [6, 6.07) is 2.75. The summed E-state index contributed by atoms with van der Waals surface area (Å²) in [7, 11) is 0. The first-order valence-electron chi connectivity index (χ1n) is 10.5. The monoisotopic (exact) mass is 540 g/mol. The Balaban J connectivity index is 1.86. The molecule has 36 heavy (non-hydrogen) atoms. The van der Waals surface area contributed by atoms with Crippen LogP contribution >= 0.6 is 22.9 Å². The van der Waals surface area contributed by atoms with Crippen LogP contribution < -0.4 is 16.0 Å². The third-order valence-electron chi connectivity index (χ3n) is 5.45. The summed E-state index contributed by atoms with van der Waals surface area (Å²) in [5.41, 5.74) is -0.530. The van der Waals surface area contributed by atoms with E-state index in [9.17, 15) is 23.1 Å². The lowest BCUT2D eigenvalue weighted by Gasteiger charge is -2.32. The molecule has 1 saturated heterocycles. The van der Waals surface area contributed by atoms with Crippen LogP contribution in [-0.2, 0) is 4.74 Å². The van der Waals surface area contributed by atoms with Crippen molar-refractivity contribution in [3.05, 3.63) is 74.7 Å². The van der Waals surface area contributed by atoms with Gasteiger partial charge in [0.15, 0.2) is 10.8 Å². The number of halogens is 4. The summed E-state index contributed by atoms with van der Waals surface area (Å²) in [4.78, 5) is 20.7.